The largest absolute Gasteiger partial charge is 0.356 e. The van der Waals surface area contributed by atoms with E-state index < -0.39 is 0 Å². The number of aromatic amines is 1. The Hall–Kier alpha value is -2.48. The van der Waals surface area contributed by atoms with Gasteiger partial charge in [0.2, 0.25) is 11.8 Å². The zero-order valence-corrected chi connectivity index (χ0v) is 16.0. The van der Waals surface area contributed by atoms with Gasteiger partial charge in [0, 0.05) is 39.0 Å². The summed E-state index contributed by atoms with van der Waals surface area (Å²) in [5, 5.41) is 3.29. The van der Waals surface area contributed by atoms with Crippen molar-refractivity contribution < 1.29 is 9.59 Å². The van der Waals surface area contributed by atoms with Crippen molar-refractivity contribution in [3.63, 3.8) is 0 Å². The van der Waals surface area contributed by atoms with E-state index in [-0.39, 0.29) is 30.3 Å². The fraction of sp³-hybridized carbons (Fsp3) is 0.474. The number of likely N-dealkylation sites (tertiary alicyclic amines) is 1. The van der Waals surface area contributed by atoms with Crippen LogP contribution in [0.1, 0.15) is 32.1 Å². The molecule has 2 aromatic rings. The molecule has 0 spiro atoms. The number of carbonyl (C=O) groups excluding carboxylic acids is 2. The molecule has 1 aromatic carbocycles. The van der Waals surface area contributed by atoms with E-state index in [4.69, 9.17) is 12.2 Å². The van der Waals surface area contributed by atoms with Crippen LogP contribution in [0.3, 0.4) is 0 Å². The minimum absolute atomic E-state index is 0.0863. The average Bonchev–Trinajstić information content (AvgIpc) is 2.68. The number of hydrogen-bond acceptors (Lipinski definition) is 4. The Morgan fingerprint density at radius 1 is 1.11 bits per heavy atom. The molecule has 0 atom stereocenters. The number of piperidine rings is 1. The highest BCUT2D eigenvalue weighted by Gasteiger charge is 2.16. The van der Waals surface area contributed by atoms with E-state index in [9.17, 15) is 14.4 Å². The van der Waals surface area contributed by atoms with Crippen LogP contribution in [-0.4, -0.2) is 45.9 Å². The summed E-state index contributed by atoms with van der Waals surface area (Å²) in [6.07, 6.45) is 3.73. The molecule has 0 bridgehead atoms. The van der Waals surface area contributed by atoms with Gasteiger partial charge in [-0.05, 0) is 43.6 Å². The fourth-order valence-corrected chi connectivity index (χ4v) is 3.60. The Balaban J connectivity index is 1.51. The molecule has 2 N–H and O–H groups in total. The summed E-state index contributed by atoms with van der Waals surface area (Å²) in [6.45, 7) is 2.14. The van der Waals surface area contributed by atoms with Gasteiger partial charge in [0.25, 0.3) is 5.56 Å². The molecule has 2 amide bonds. The molecule has 1 aliphatic heterocycles. The van der Waals surface area contributed by atoms with Crippen LogP contribution in [0.25, 0.3) is 10.9 Å². The van der Waals surface area contributed by atoms with Crippen LogP contribution in [-0.2, 0) is 16.1 Å². The highest BCUT2D eigenvalue weighted by molar-refractivity contribution is 7.71. The summed E-state index contributed by atoms with van der Waals surface area (Å²) in [4.78, 5) is 41.6. The van der Waals surface area contributed by atoms with E-state index in [1.165, 1.54) is 11.0 Å². The van der Waals surface area contributed by atoms with Gasteiger partial charge in [-0.25, -0.2) is 0 Å². The molecule has 2 heterocycles. The monoisotopic (exact) mass is 388 g/mol. The second-order valence-electron chi connectivity index (χ2n) is 6.72. The summed E-state index contributed by atoms with van der Waals surface area (Å²) in [7, 11) is 0. The summed E-state index contributed by atoms with van der Waals surface area (Å²) in [5.41, 5.74) is 0.479. The maximum Gasteiger partial charge on any atom is 0.262 e. The lowest BCUT2D eigenvalue weighted by Crippen LogP contribution is -2.38. The first-order valence-electron chi connectivity index (χ1n) is 9.32. The van der Waals surface area contributed by atoms with Crippen molar-refractivity contribution >= 4 is 34.9 Å². The van der Waals surface area contributed by atoms with Crippen LogP contribution >= 0.6 is 12.2 Å². The number of rotatable bonds is 6. The molecule has 3 rings (SSSR count). The van der Waals surface area contributed by atoms with E-state index in [0.29, 0.717) is 28.6 Å². The lowest BCUT2D eigenvalue weighted by atomic mass is 10.1. The maximum atomic E-state index is 12.5. The molecule has 8 heteroatoms. The van der Waals surface area contributed by atoms with E-state index >= 15 is 0 Å². The molecule has 0 saturated carbocycles. The normalized spacial score (nSPS) is 14.3. The number of fused-ring (bicyclic) bond motifs is 1. The van der Waals surface area contributed by atoms with E-state index in [1.54, 1.807) is 18.2 Å². The average molecular weight is 388 g/mol. The van der Waals surface area contributed by atoms with Gasteiger partial charge in [0.1, 0.15) is 0 Å². The summed E-state index contributed by atoms with van der Waals surface area (Å²) >= 11 is 5.24. The molecule has 1 aromatic heterocycles. The number of nitrogens with one attached hydrogen (secondary N) is 2. The maximum absolute atomic E-state index is 12.5. The summed E-state index contributed by atoms with van der Waals surface area (Å²) < 4.78 is 1.70. The van der Waals surface area contributed by atoms with Crippen LogP contribution in [0.2, 0.25) is 0 Å². The van der Waals surface area contributed by atoms with Gasteiger partial charge in [0.15, 0.2) is 4.77 Å². The van der Waals surface area contributed by atoms with Gasteiger partial charge in [-0.3, -0.25) is 19.0 Å². The zero-order valence-electron chi connectivity index (χ0n) is 15.2. The second-order valence-corrected chi connectivity index (χ2v) is 7.11. The van der Waals surface area contributed by atoms with E-state index in [0.717, 1.165) is 25.9 Å². The topological polar surface area (TPSA) is 87.2 Å². The molecule has 1 saturated heterocycles. The first kappa shape index (κ1) is 19.3. The lowest BCUT2D eigenvalue weighted by molar-refractivity contribution is -0.132. The number of carbonyl (C=O) groups is 2. The number of para-hydroxylation sites is 1. The van der Waals surface area contributed by atoms with Crippen LogP contribution in [0, 0.1) is 4.77 Å². The van der Waals surface area contributed by atoms with Crippen LogP contribution in [0.4, 0.5) is 0 Å². The quantitative estimate of drug-likeness (QED) is 0.741. The summed E-state index contributed by atoms with van der Waals surface area (Å²) in [5.74, 6) is -0.112. The minimum Gasteiger partial charge on any atom is -0.356 e. The SMILES string of the molecule is O=C(CCn1c(=S)[nH]c2ccccc2c1=O)NCCC(=O)N1CCCCC1. The highest BCUT2D eigenvalue weighted by Crippen LogP contribution is 2.09. The molecule has 0 aliphatic carbocycles. The Kier molecular flexibility index (Phi) is 6.39. The van der Waals surface area contributed by atoms with Crippen molar-refractivity contribution in [2.45, 2.75) is 38.6 Å². The third-order valence-corrected chi connectivity index (χ3v) is 5.14. The Bertz CT molecular complexity index is 944. The molecule has 27 heavy (non-hydrogen) atoms. The van der Waals surface area contributed by atoms with E-state index in [1.807, 2.05) is 11.0 Å². The molecular weight excluding hydrogens is 364 g/mol. The standard InChI is InChI=1S/C19H24N4O3S/c24-16(20-10-8-17(25)22-11-4-1-5-12-22)9-13-23-18(26)14-6-2-3-7-15(14)21-19(23)27/h2-3,6-7H,1,4-5,8-13H2,(H,20,24)(H,21,27). The van der Waals surface area contributed by atoms with Gasteiger partial charge in [-0.2, -0.15) is 0 Å². The number of amides is 2. The third kappa shape index (κ3) is 4.82. The number of nitrogens with zero attached hydrogens (tertiary/aromatic N) is 2. The number of H-pyrrole nitrogens is 1. The second kappa shape index (κ2) is 8.94. The van der Waals surface area contributed by atoms with Gasteiger partial charge in [-0.1, -0.05) is 12.1 Å². The minimum atomic E-state index is -0.206. The Morgan fingerprint density at radius 3 is 2.63 bits per heavy atom. The van der Waals surface area contributed by atoms with Crippen LogP contribution in [0.5, 0.6) is 0 Å². The lowest BCUT2D eigenvalue weighted by Gasteiger charge is -2.26. The first-order valence-corrected chi connectivity index (χ1v) is 9.73. The van der Waals surface area contributed by atoms with Crippen molar-refractivity contribution in [3.8, 4) is 0 Å². The first-order chi connectivity index (χ1) is 13.1. The Labute approximate surface area is 162 Å². The van der Waals surface area contributed by atoms with E-state index in [2.05, 4.69) is 10.3 Å². The third-order valence-electron chi connectivity index (χ3n) is 4.82. The molecule has 7 nitrogen and oxygen atoms in total. The summed E-state index contributed by atoms with van der Waals surface area (Å²) in [6, 6.07) is 7.14. The molecular formula is C19H24N4O3S. The van der Waals surface area contributed by atoms with Gasteiger partial charge >= 0.3 is 0 Å². The highest BCUT2D eigenvalue weighted by atomic mass is 32.1. The van der Waals surface area contributed by atoms with Crippen LogP contribution < -0.4 is 10.9 Å². The van der Waals surface area contributed by atoms with Crippen molar-refractivity contribution in [1.29, 1.82) is 0 Å². The predicted octanol–water partition coefficient (Wildman–Crippen LogP) is 1.97. The number of benzene rings is 1. The van der Waals surface area contributed by atoms with Crippen molar-refractivity contribution in [3.05, 3.63) is 39.4 Å². The molecule has 0 radical (unpaired) electrons. The van der Waals surface area contributed by atoms with Gasteiger partial charge < -0.3 is 15.2 Å². The predicted molar refractivity (Wildman–Crippen MR) is 106 cm³/mol. The van der Waals surface area contributed by atoms with Crippen molar-refractivity contribution in [2.24, 2.45) is 0 Å². The van der Waals surface area contributed by atoms with Gasteiger partial charge in [-0.15, -0.1) is 0 Å². The van der Waals surface area contributed by atoms with Crippen LogP contribution in [0.15, 0.2) is 29.1 Å². The number of hydrogen-bond donors (Lipinski definition) is 2. The molecule has 0 unspecified atom stereocenters. The molecule has 1 fully saturated rings. The van der Waals surface area contributed by atoms with Crippen molar-refractivity contribution in [1.82, 2.24) is 19.8 Å². The Morgan fingerprint density at radius 2 is 1.85 bits per heavy atom. The smallest absolute Gasteiger partial charge is 0.262 e. The van der Waals surface area contributed by atoms with Crippen molar-refractivity contribution in [2.75, 3.05) is 19.6 Å². The molecule has 1 aliphatic rings. The zero-order chi connectivity index (χ0) is 19.2. The number of aromatic nitrogens is 2. The fourth-order valence-electron chi connectivity index (χ4n) is 3.31. The molecule has 144 valence electrons. The van der Waals surface area contributed by atoms with Gasteiger partial charge in [0.05, 0.1) is 10.9 Å².